The van der Waals surface area contributed by atoms with Crippen molar-refractivity contribution >= 4 is 17.9 Å². The van der Waals surface area contributed by atoms with E-state index in [1.807, 2.05) is 0 Å². The number of carbonyl (C=O) groups is 3. The Morgan fingerprint density at radius 2 is 1.91 bits per heavy atom. The molecule has 0 fully saturated rings. The van der Waals surface area contributed by atoms with Gasteiger partial charge in [0.05, 0.1) is 23.8 Å². The Hall–Kier alpha value is -2.63. The number of carboxylic acids is 1. The van der Waals surface area contributed by atoms with Crippen molar-refractivity contribution in [3.05, 3.63) is 48.0 Å². The number of carboxylic acid groups (broad SMARTS) is 1. The van der Waals surface area contributed by atoms with Crippen LogP contribution in [0, 0.1) is 0 Å². The van der Waals surface area contributed by atoms with Gasteiger partial charge in [-0.3, -0.25) is 0 Å². The number of benzene rings is 1. The number of hydrogen-bond donors (Lipinski definition) is 1. The van der Waals surface area contributed by atoms with Crippen LogP contribution in [-0.4, -0.2) is 35.7 Å². The summed E-state index contributed by atoms with van der Waals surface area (Å²) in [5.41, 5.74) is -0.0816. The highest BCUT2D eigenvalue weighted by Gasteiger charge is 2.17. The highest BCUT2D eigenvalue weighted by Crippen LogP contribution is 2.11. The first-order valence-electron chi connectivity index (χ1n) is 6.78. The van der Waals surface area contributed by atoms with E-state index in [1.54, 1.807) is 13.0 Å². The van der Waals surface area contributed by atoms with Crippen molar-refractivity contribution in [1.29, 1.82) is 0 Å². The number of rotatable bonds is 8. The maximum Gasteiger partial charge on any atom is 0.339 e. The number of aromatic carboxylic acids is 1. The quantitative estimate of drug-likeness (QED) is 0.451. The van der Waals surface area contributed by atoms with E-state index in [9.17, 15) is 14.4 Å². The SMILES string of the molecule is C=CC(=O)OC(C)CCCOC(=O)c1ccccc1C(=O)O. The molecule has 1 N–H and O–H groups in total. The van der Waals surface area contributed by atoms with Crippen LogP contribution in [0.15, 0.2) is 36.9 Å². The van der Waals surface area contributed by atoms with Crippen molar-refractivity contribution in [3.8, 4) is 0 Å². The van der Waals surface area contributed by atoms with Gasteiger partial charge in [-0.15, -0.1) is 0 Å². The van der Waals surface area contributed by atoms with Crippen LogP contribution in [0.4, 0.5) is 0 Å². The molecule has 0 spiro atoms. The summed E-state index contributed by atoms with van der Waals surface area (Å²) in [6, 6.07) is 5.85. The predicted octanol–water partition coefficient (Wildman–Crippen LogP) is 2.44. The Balaban J connectivity index is 2.43. The first kappa shape index (κ1) is 17.4. The second kappa shape index (κ2) is 8.61. The van der Waals surface area contributed by atoms with Crippen LogP contribution in [0.5, 0.6) is 0 Å². The third kappa shape index (κ3) is 5.40. The monoisotopic (exact) mass is 306 g/mol. The average molecular weight is 306 g/mol. The molecule has 6 nitrogen and oxygen atoms in total. The van der Waals surface area contributed by atoms with Gasteiger partial charge in [-0.1, -0.05) is 18.7 Å². The van der Waals surface area contributed by atoms with Gasteiger partial charge in [0.1, 0.15) is 0 Å². The van der Waals surface area contributed by atoms with Gasteiger partial charge in [-0.25, -0.2) is 14.4 Å². The largest absolute Gasteiger partial charge is 0.478 e. The number of esters is 2. The number of hydrogen-bond acceptors (Lipinski definition) is 5. The molecule has 1 atom stereocenters. The van der Waals surface area contributed by atoms with E-state index in [4.69, 9.17) is 14.6 Å². The van der Waals surface area contributed by atoms with Crippen molar-refractivity contribution in [2.45, 2.75) is 25.9 Å². The van der Waals surface area contributed by atoms with Gasteiger partial charge in [-0.2, -0.15) is 0 Å². The molecule has 0 radical (unpaired) electrons. The Morgan fingerprint density at radius 3 is 2.50 bits per heavy atom. The smallest absolute Gasteiger partial charge is 0.339 e. The second-order valence-corrected chi connectivity index (χ2v) is 4.58. The Labute approximate surface area is 128 Å². The standard InChI is InChI=1S/C16H18O6/c1-3-14(17)22-11(2)7-6-10-21-16(20)13-9-5-4-8-12(13)15(18)19/h3-5,8-9,11H,1,6-7,10H2,2H3,(H,18,19). The first-order valence-corrected chi connectivity index (χ1v) is 6.78. The van der Waals surface area contributed by atoms with Crippen molar-refractivity contribution < 1.29 is 29.0 Å². The van der Waals surface area contributed by atoms with Crippen LogP contribution in [-0.2, 0) is 14.3 Å². The van der Waals surface area contributed by atoms with Gasteiger partial charge in [0.15, 0.2) is 0 Å². The van der Waals surface area contributed by atoms with Gasteiger partial charge in [0, 0.05) is 6.08 Å². The van der Waals surface area contributed by atoms with E-state index in [1.165, 1.54) is 18.2 Å². The molecule has 0 aromatic heterocycles. The predicted molar refractivity (Wildman–Crippen MR) is 78.7 cm³/mol. The Kier molecular flexibility index (Phi) is 6.82. The summed E-state index contributed by atoms with van der Waals surface area (Å²) in [5.74, 6) is -2.37. The topological polar surface area (TPSA) is 89.9 Å². The molecule has 0 saturated carbocycles. The molecule has 0 heterocycles. The minimum absolute atomic E-state index is 0.0149. The fourth-order valence-electron chi connectivity index (χ4n) is 1.77. The summed E-state index contributed by atoms with van der Waals surface area (Å²) in [5, 5.41) is 9.00. The molecule has 0 aliphatic rings. The number of ether oxygens (including phenoxy) is 2. The van der Waals surface area contributed by atoms with Crippen LogP contribution in [0.2, 0.25) is 0 Å². The van der Waals surface area contributed by atoms with Crippen LogP contribution in [0.3, 0.4) is 0 Å². The molecule has 0 saturated heterocycles. The molecule has 0 aliphatic carbocycles. The maximum absolute atomic E-state index is 11.9. The fourth-order valence-corrected chi connectivity index (χ4v) is 1.77. The third-order valence-corrected chi connectivity index (χ3v) is 2.85. The zero-order valence-electron chi connectivity index (χ0n) is 12.3. The van der Waals surface area contributed by atoms with Crippen LogP contribution < -0.4 is 0 Å². The van der Waals surface area contributed by atoms with Crippen molar-refractivity contribution in [2.75, 3.05) is 6.61 Å². The van der Waals surface area contributed by atoms with E-state index in [-0.39, 0.29) is 23.8 Å². The summed E-state index contributed by atoms with van der Waals surface area (Å²) in [6.07, 6.45) is 1.79. The molecule has 118 valence electrons. The van der Waals surface area contributed by atoms with E-state index >= 15 is 0 Å². The lowest BCUT2D eigenvalue weighted by Gasteiger charge is -2.12. The second-order valence-electron chi connectivity index (χ2n) is 4.58. The van der Waals surface area contributed by atoms with E-state index < -0.39 is 17.9 Å². The zero-order valence-corrected chi connectivity index (χ0v) is 12.3. The van der Waals surface area contributed by atoms with Gasteiger partial charge in [0.2, 0.25) is 0 Å². The van der Waals surface area contributed by atoms with E-state index in [0.717, 1.165) is 6.08 Å². The lowest BCUT2D eigenvalue weighted by atomic mass is 10.1. The molecular formula is C16H18O6. The Morgan fingerprint density at radius 1 is 1.27 bits per heavy atom. The summed E-state index contributed by atoms with van der Waals surface area (Å²) >= 11 is 0. The molecule has 1 aromatic carbocycles. The van der Waals surface area contributed by atoms with Gasteiger partial charge < -0.3 is 14.6 Å². The fraction of sp³-hybridized carbons (Fsp3) is 0.312. The van der Waals surface area contributed by atoms with E-state index in [2.05, 4.69) is 6.58 Å². The minimum atomic E-state index is -1.18. The molecule has 22 heavy (non-hydrogen) atoms. The summed E-state index contributed by atoms with van der Waals surface area (Å²) in [6.45, 7) is 5.14. The van der Waals surface area contributed by atoms with Gasteiger partial charge >= 0.3 is 17.9 Å². The summed E-state index contributed by atoms with van der Waals surface area (Å²) < 4.78 is 10.0. The molecular weight excluding hydrogens is 288 g/mol. The summed E-state index contributed by atoms with van der Waals surface area (Å²) in [7, 11) is 0. The third-order valence-electron chi connectivity index (χ3n) is 2.85. The molecule has 1 unspecified atom stereocenters. The molecule has 1 rings (SSSR count). The van der Waals surface area contributed by atoms with Gasteiger partial charge in [0.25, 0.3) is 0 Å². The average Bonchev–Trinajstić information content (AvgIpc) is 2.51. The van der Waals surface area contributed by atoms with Crippen molar-refractivity contribution in [1.82, 2.24) is 0 Å². The van der Waals surface area contributed by atoms with Crippen molar-refractivity contribution in [3.63, 3.8) is 0 Å². The van der Waals surface area contributed by atoms with E-state index in [0.29, 0.717) is 12.8 Å². The maximum atomic E-state index is 11.9. The zero-order chi connectivity index (χ0) is 16.5. The van der Waals surface area contributed by atoms with Gasteiger partial charge in [-0.05, 0) is 31.9 Å². The minimum Gasteiger partial charge on any atom is -0.478 e. The van der Waals surface area contributed by atoms with Crippen molar-refractivity contribution in [2.24, 2.45) is 0 Å². The highest BCUT2D eigenvalue weighted by atomic mass is 16.5. The lowest BCUT2D eigenvalue weighted by Crippen LogP contribution is -2.15. The van der Waals surface area contributed by atoms with Crippen LogP contribution in [0.25, 0.3) is 0 Å². The van der Waals surface area contributed by atoms with Crippen LogP contribution in [0.1, 0.15) is 40.5 Å². The first-order chi connectivity index (χ1) is 10.5. The lowest BCUT2D eigenvalue weighted by molar-refractivity contribution is -0.142. The molecule has 0 amide bonds. The normalized spacial score (nSPS) is 11.3. The summed E-state index contributed by atoms with van der Waals surface area (Å²) in [4.78, 5) is 33.8. The highest BCUT2D eigenvalue weighted by molar-refractivity contribution is 6.02. The molecule has 6 heteroatoms. The van der Waals surface area contributed by atoms with Crippen LogP contribution >= 0.6 is 0 Å². The molecule has 0 bridgehead atoms. The Bertz CT molecular complexity index is 564. The number of carbonyl (C=O) groups excluding carboxylic acids is 2. The molecule has 0 aliphatic heterocycles. The molecule has 1 aromatic rings.